The number of allylic oxidation sites excluding steroid dienone is 1. The van der Waals surface area contributed by atoms with Gasteiger partial charge in [0.05, 0.1) is 0 Å². The molecule has 26 heavy (non-hydrogen) atoms. The molecule has 2 aromatic carbocycles. The first-order chi connectivity index (χ1) is 12.1. The van der Waals surface area contributed by atoms with E-state index in [4.69, 9.17) is 17.0 Å². The second-order valence-electron chi connectivity index (χ2n) is 8.58. The summed E-state index contributed by atoms with van der Waals surface area (Å²) in [4.78, 5) is 0. The molecule has 1 aliphatic rings. The molecule has 0 saturated carbocycles. The van der Waals surface area contributed by atoms with Crippen molar-refractivity contribution >= 4 is 23.1 Å². The number of hydrogen-bond donors (Lipinski definition) is 0. The Morgan fingerprint density at radius 2 is 1.65 bits per heavy atom. The zero-order chi connectivity index (χ0) is 19.2. The number of aryl methyl sites for hydroxylation is 1. The summed E-state index contributed by atoms with van der Waals surface area (Å²) in [5.74, 6) is 0.461. The van der Waals surface area contributed by atoms with Crippen LogP contribution in [-0.2, 0) is 24.8 Å². The van der Waals surface area contributed by atoms with Crippen LogP contribution >= 0.6 is 17.0 Å². The van der Waals surface area contributed by atoms with Gasteiger partial charge in [-0.2, -0.15) is 0 Å². The molecule has 0 nitrogen and oxygen atoms in total. The average molecular weight is 466 g/mol. The Kier molecular flexibility index (Phi) is 5.94. The molecule has 0 fully saturated rings. The van der Waals surface area contributed by atoms with Gasteiger partial charge in [0, 0.05) is 0 Å². The molecule has 137 valence electrons. The summed E-state index contributed by atoms with van der Waals surface area (Å²) in [6.45, 7) is 13.6. The van der Waals surface area contributed by atoms with Gasteiger partial charge in [0.15, 0.2) is 0 Å². The zero-order valence-corrected chi connectivity index (χ0v) is 20.4. The first-order valence-corrected chi connectivity index (χ1v) is 17.0. The molecule has 1 aliphatic carbocycles. The minimum atomic E-state index is -2.48. The molecular weight excluding hydrogens is 438 g/mol. The molecule has 0 heterocycles. The molecular formula is C23H27Cl2Zr. The number of benzene rings is 2. The standard InChI is InChI=1S/C23H27.2ClH.Zr/c1-15(2)18-13-17-11-12-21(23(4,5)6)22(20(17)14-18)19-10-8-7-9-16(19)3;;;/h7-15H,1-6H3;2*1H;/q;;;+2/p-2. The molecule has 0 bridgehead atoms. The third-order valence-corrected chi connectivity index (χ3v) is 10.6. The van der Waals surface area contributed by atoms with Gasteiger partial charge >= 0.3 is 174 Å². The Morgan fingerprint density at radius 1 is 1.00 bits per heavy atom. The van der Waals surface area contributed by atoms with Crippen molar-refractivity contribution < 1.29 is 19.4 Å². The van der Waals surface area contributed by atoms with E-state index in [2.05, 4.69) is 84.0 Å². The van der Waals surface area contributed by atoms with Crippen LogP contribution in [0.1, 0.15) is 60.5 Å². The molecule has 0 spiro atoms. The van der Waals surface area contributed by atoms with Crippen molar-refractivity contribution in [3.8, 4) is 11.1 Å². The van der Waals surface area contributed by atoms with Crippen molar-refractivity contribution in [3.63, 3.8) is 0 Å². The van der Waals surface area contributed by atoms with Crippen molar-refractivity contribution in [2.45, 2.75) is 50.6 Å². The van der Waals surface area contributed by atoms with E-state index < -0.39 is 19.4 Å². The Balaban J connectivity index is 2.38. The van der Waals surface area contributed by atoms with Gasteiger partial charge in [0.1, 0.15) is 0 Å². The summed E-state index contributed by atoms with van der Waals surface area (Å²) >= 11 is -2.48. The third-order valence-electron chi connectivity index (χ3n) is 5.34. The third kappa shape index (κ3) is 3.65. The molecule has 1 unspecified atom stereocenters. The fourth-order valence-corrected chi connectivity index (χ4v) is 9.71. The van der Waals surface area contributed by atoms with E-state index in [9.17, 15) is 0 Å². The van der Waals surface area contributed by atoms with Gasteiger partial charge < -0.3 is 0 Å². The van der Waals surface area contributed by atoms with Crippen LogP contribution in [0.2, 0.25) is 0 Å². The summed E-state index contributed by atoms with van der Waals surface area (Å²) in [5, 5.41) is 0. The maximum atomic E-state index is 6.63. The number of rotatable bonds is 3. The SMILES string of the molecule is Cc1ccccc1-c1c(C(C)(C)C)ccc2c1C=C(C(C)C)[CH]2[Zr]([Cl])[Cl]. The summed E-state index contributed by atoms with van der Waals surface area (Å²) in [7, 11) is 13.3. The second-order valence-corrected chi connectivity index (χ2v) is 17.4. The van der Waals surface area contributed by atoms with Crippen molar-refractivity contribution in [3.05, 3.63) is 64.2 Å². The van der Waals surface area contributed by atoms with Crippen molar-refractivity contribution in [2.75, 3.05) is 0 Å². The molecule has 0 aliphatic heterocycles. The van der Waals surface area contributed by atoms with Gasteiger partial charge in [0.25, 0.3) is 0 Å². The van der Waals surface area contributed by atoms with Crippen LogP contribution in [0.15, 0.2) is 42.0 Å². The van der Waals surface area contributed by atoms with Crippen LogP contribution in [0, 0.1) is 12.8 Å². The van der Waals surface area contributed by atoms with Crippen LogP contribution in [0.25, 0.3) is 17.2 Å². The van der Waals surface area contributed by atoms with E-state index in [1.165, 1.54) is 39.0 Å². The molecule has 0 amide bonds. The number of hydrogen-bond acceptors (Lipinski definition) is 0. The van der Waals surface area contributed by atoms with Gasteiger partial charge in [0.2, 0.25) is 0 Å². The Labute approximate surface area is 173 Å². The van der Waals surface area contributed by atoms with E-state index in [1.807, 2.05) is 0 Å². The van der Waals surface area contributed by atoms with Gasteiger partial charge in [-0.1, -0.05) is 0 Å². The molecule has 0 N–H and O–H groups in total. The van der Waals surface area contributed by atoms with Gasteiger partial charge in [-0.3, -0.25) is 0 Å². The van der Waals surface area contributed by atoms with E-state index in [1.54, 1.807) is 0 Å². The average Bonchev–Trinajstić information content (AvgIpc) is 2.93. The van der Waals surface area contributed by atoms with Gasteiger partial charge in [-0.15, -0.1) is 0 Å². The van der Waals surface area contributed by atoms with Crippen LogP contribution in [-0.4, -0.2) is 0 Å². The molecule has 2 aromatic rings. The van der Waals surface area contributed by atoms with Gasteiger partial charge in [-0.05, 0) is 0 Å². The summed E-state index contributed by atoms with van der Waals surface area (Å²) in [6.07, 6.45) is 2.40. The van der Waals surface area contributed by atoms with Crippen LogP contribution in [0.4, 0.5) is 0 Å². The molecule has 3 heteroatoms. The van der Waals surface area contributed by atoms with Crippen LogP contribution in [0.3, 0.4) is 0 Å². The first-order valence-electron chi connectivity index (χ1n) is 9.25. The fraction of sp³-hybridized carbons (Fsp3) is 0.391. The van der Waals surface area contributed by atoms with Crippen molar-refractivity contribution in [2.24, 2.45) is 5.92 Å². The van der Waals surface area contributed by atoms with E-state index in [0.29, 0.717) is 5.92 Å². The predicted octanol–water partition coefficient (Wildman–Crippen LogP) is 7.98. The fourth-order valence-electron chi connectivity index (χ4n) is 3.98. The molecule has 0 saturated heterocycles. The van der Waals surface area contributed by atoms with Crippen molar-refractivity contribution in [1.29, 1.82) is 0 Å². The molecule has 0 aromatic heterocycles. The van der Waals surface area contributed by atoms with E-state index in [-0.39, 0.29) is 9.04 Å². The number of fused-ring (bicyclic) bond motifs is 1. The summed E-state index contributed by atoms with van der Waals surface area (Å²) < 4.78 is 0.271. The molecule has 3 rings (SSSR count). The van der Waals surface area contributed by atoms with Crippen LogP contribution in [0.5, 0.6) is 0 Å². The topological polar surface area (TPSA) is 0 Å². The second kappa shape index (κ2) is 7.58. The Hall–Kier alpha value is -0.357. The summed E-state index contributed by atoms with van der Waals surface area (Å²) in [5.41, 5.74) is 9.57. The maximum absolute atomic E-state index is 6.63. The van der Waals surface area contributed by atoms with E-state index in [0.717, 1.165) is 0 Å². The van der Waals surface area contributed by atoms with Crippen LogP contribution < -0.4 is 0 Å². The van der Waals surface area contributed by atoms with Gasteiger partial charge in [-0.25, -0.2) is 0 Å². The summed E-state index contributed by atoms with van der Waals surface area (Å²) in [6, 6.07) is 13.3. The number of halogens is 2. The van der Waals surface area contributed by atoms with Crippen molar-refractivity contribution in [1.82, 2.24) is 0 Å². The quantitative estimate of drug-likeness (QED) is 0.431. The molecule has 1 atom stereocenters. The Morgan fingerprint density at radius 3 is 2.19 bits per heavy atom. The predicted molar refractivity (Wildman–Crippen MR) is 113 cm³/mol. The Bertz CT molecular complexity index is 857. The zero-order valence-electron chi connectivity index (χ0n) is 16.5. The minimum absolute atomic E-state index is 0.0695. The van der Waals surface area contributed by atoms with E-state index >= 15 is 0 Å². The monoisotopic (exact) mass is 463 g/mol. The first kappa shape index (κ1) is 20.4. The molecule has 0 radical (unpaired) electrons. The normalized spacial score (nSPS) is 16.7.